The quantitative estimate of drug-likeness (QED) is 0.735. The van der Waals surface area contributed by atoms with Gasteiger partial charge in [0, 0.05) is 19.7 Å². The number of nitrogens with one attached hydrogen (secondary N) is 2. The van der Waals surface area contributed by atoms with Crippen molar-refractivity contribution in [3.8, 4) is 17.2 Å². The van der Waals surface area contributed by atoms with E-state index >= 15 is 0 Å². The van der Waals surface area contributed by atoms with E-state index in [0.29, 0.717) is 28.9 Å². The molecule has 0 unspecified atom stereocenters. The second-order valence-corrected chi connectivity index (χ2v) is 5.64. The second kappa shape index (κ2) is 8.79. The average Bonchev–Trinajstić information content (AvgIpc) is 3.10. The normalized spacial score (nSPS) is 16.7. The van der Waals surface area contributed by atoms with Crippen LogP contribution in [-0.4, -0.2) is 45.7 Å². The van der Waals surface area contributed by atoms with Gasteiger partial charge in [0.15, 0.2) is 16.6 Å². The van der Waals surface area contributed by atoms with Crippen LogP contribution in [0.2, 0.25) is 0 Å². The number of benzene rings is 1. The Morgan fingerprint density at radius 1 is 1.17 bits per heavy atom. The zero-order valence-electron chi connectivity index (χ0n) is 13.8. The fraction of sp³-hybridized carbons (Fsp3) is 0.562. The Hall–Kier alpha value is -1.73. The zero-order chi connectivity index (χ0) is 16.7. The molecule has 0 saturated carbocycles. The first-order chi connectivity index (χ1) is 11.2. The summed E-state index contributed by atoms with van der Waals surface area (Å²) < 4.78 is 21.6. The summed E-state index contributed by atoms with van der Waals surface area (Å²) >= 11 is 5.29. The van der Waals surface area contributed by atoms with Crippen molar-refractivity contribution in [2.24, 2.45) is 0 Å². The van der Waals surface area contributed by atoms with Gasteiger partial charge in [-0.15, -0.1) is 0 Å². The van der Waals surface area contributed by atoms with Crippen LogP contribution in [0, 0.1) is 0 Å². The van der Waals surface area contributed by atoms with Gasteiger partial charge in [-0.05, 0) is 42.8 Å². The molecule has 1 heterocycles. The average molecular weight is 340 g/mol. The maximum Gasteiger partial charge on any atom is 0.203 e. The molecule has 6 nitrogen and oxygen atoms in total. The minimum absolute atomic E-state index is 0.260. The SMILES string of the molecule is COc1cc(CNC(=S)NC[C@H]2CCCO2)cc(OC)c1OC. The van der Waals surface area contributed by atoms with Gasteiger partial charge in [-0.3, -0.25) is 0 Å². The maximum absolute atomic E-state index is 5.56. The maximum atomic E-state index is 5.56. The van der Waals surface area contributed by atoms with Gasteiger partial charge in [0.25, 0.3) is 0 Å². The Labute approximate surface area is 142 Å². The summed E-state index contributed by atoms with van der Waals surface area (Å²) in [4.78, 5) is 0. The molecule has 1 atom stereocenters. The van der Waals surface area contributed by atoms with E-state index in [-0.39, 0.29) is 6.10 Å². The highest BCUT2D eigenvalue weighted by Gasteiger charge is 2.16. The molecule has 1 aromatic carbocycles. The largest absolute Gasteiger partial charge is 0.493 e. The summed E-state index contributed by atoms with van der Waals surface area (Å²) in [5, 5.41) is 6.96. The fourth-order valence-electron chi connectivity index (χ4n) is 2.49. The molecule has 2 rings (SSSR count). The third-order valence-electron chi connectivity index (χ3n) is 3.69. The van der Waals surface area contributed by atoms with E-state index in [1.54, 1.807) is 21.3 Å². The molecular weight excluding hydrogens is 316 g/mol. The lowest BCUT2D eigenvalue weighted by atomic mass is 10.2. The van der Waals surface area contributed by atoms with Crippen molar-refractivity contribution in [3.05, 3.63) is 17.7 Å². The van der Waals surface area contributed by atoms with Crippen LogP contribution >= 0.6 is 12.2 Å². The Balaban J connectivity index is 1.90. The lowest BCUT2D eigenvalue weighted by Crippen LogP contribution is -2.39. The summed E-state index contributed by atoms with van der Waals surface area (Å²) in [6.45, 7) is 2.15. The molecular formula is C16H24N2O4S. The van der Waals surface area contributed by atoms with Crippen LogP contribution in [0.25, 0.3) is 0 Å². The molecule has 1 fully saturated rings. The number of rotatable bonds is 7. The molecule has 0 bridgehead atoms. The monoisotopic (exact) mass is 340 g/mol. The molecule has 2 N–H and O–H groups in total. The van der Waals surface area contributed by atoms with E-state index in [9.17, 15) is 0 Å². The van der Waals surface area contributed by atoms with Crippen LogP contribution in [0.15, 0.2) is 12.1 Å². The van der Waals surface area contributed by atoms with Gasteiger partial charge >= 0.3 is 0 Å². The molecule has 1 aliphatic rings. The van der Waals surface area contributed by atoms with Crippen LogP contribution < -0.4 is 24.8 Å². The molecule has 0 aliphatic carbocycles. The van der Waals surface area contributed by atoms with E-state index < -0.39 is 0 Å². The lowest BCUT2D eigenvalue weighted by Gasteiger charge is -2.16. The minimum Gasteiger partial charge on any atom is -0.493 e. The molecule has 0 aromatic heterocycles. The molecule has 0 radical (unpaired) electrons. The molecule has 128 valence electrons. The number of ether oxygens (including phenoxy) is 4. The van der Waals surface area contributed by atoms with E-state index in [0.717, 1.165) is 31.6 Å². The topological polar surface area (TPSA) is 61.0 Å². The first kappa shape index (κ1) is 17.6. The summed E-state index contributed by atoms with van der Waals surface area (Å²) in [5.41, 5.74) is 0.987. The van der Waals surface area contributed by atoms with Crippen molar-refractivity contribution in [2.45, 2.75) is 25.5 Å². The Kier molecular flexibility index (Phi) is 6.73. The predicted octanol–water partition coefficient (Wildman–Crippen LogP) is 1.86. The molecule has 1 aliphatic heterocycles. The van der Waals surface area contributed by atoms with Gasteiger partial charge in [0.2, 0.25) is 5.75 Å². The van der Waals surface area contributed by atoms with Gasteiger partial charge in [0.05, 0.1) is 27.4 Å². The van der Waals surface area contributed by atoms with E-state index in [4.69, 9.17) is 31.2 Å². The highest BCUT2D eigenvalue weighted by molar-refractivity contribution is 7.80. The van der Waals surface area contributed by atoms with Crippen LogP contribution in [0.5, 0.6) is 17.2 Å². The van der Waals surface area contributed by atoms with E-state index in [1.165, 1.54) is 0 Å². The third-order valence-corrected chi connectivity index (χ3v) is 3.98. The molecule has 1 saturated heterocycles. The van der Waals surface area contributed by atoms with Crippen molar-refractivity contribution in [1.29, 1.82) is 0 Å². The number of methoxy groups -OCH3 is 3. The molecule has 1 aromatic rings. The highest BCUT2D eigenvalue weighted by Crippen LogP contribution is 2.38. The summed E-state index contributed by atoms with van der Waals surface area (Å²) in [6.07, 6.45) is 2.47. The van der Waals surface area contributed by atoms with Gasteiger partial charge in [-0.2, -0.15) is 0 Å². The standard InChI is InChI=1S/C16H24N2O4S/c1-19-13-7-11(8-14(20-2)15(13)21-3)9-17-16(23)18-10-12-5-4-6-22-12/h7-8,12H,4-6,9-10H2,1-3H3,(H2,17,18,23)/t12-/m1/s1. The van der Waals surface area contributed by atoms with Crippen LogP contribution in [0.1, 0.15) is 18.4 Å². The van der Waals surface area contributed by atoms with Crippen molar-refractivity contribution >= 4 is 17.3 Å². The number of hydrogen-bond acceptors (Lipinski definition) is 5. The van der Waals surface area contributed by atoms with Gasteiger partial charge in [-0.1, -0.05) is 0 Å². The van der Waals surface area contributed by atoms with Crippen molar-refractivity contribution in [2.75, 3.05) is 34.5 Å². The zero-order valence-corrected chi connectivity index (χ0v) is 14.6. The Bertz CT molecular complexity index is 508. The second-order valence-electron chi connectivity index (χ2n) is 5.23. The Morgan fingerprint density at radius 2 is 1.87 bits per heavy atom. The van der Waals surface area contributed by atoms with Gasteiger partial charge in [0.1, 0.15) is 0 Å². The summed E-state index contributed by atoms with van der Waals surface area (Å²) in [5.74, 6) is 1.83. The smallest absolute Gasteiger partial charge is 0.203 e. The van der Waals surface area contributed by atoms with E-state index in [2.05, 4.69) is 10.6 Å². The Morgan fingerprint density at radius 3 is 2.39 bits per heavy atom. The first-order valence-corrected chi connectivity index (χ1v) is 8.01. The van der Waals surface area contributed by atoms with Gasteiger partial charge in [-0.25, -0.2) is 0 Å². The van der Waals surface area contributed by atoms with Crippen LogP contribution in [0.3, 0.4) is 0 Å². The molecule has 0 spiro atoms. The summed E-state index contributed by atoms with van der Waals surface area (Å²) in [7, 11) is 4.78. The van der Waals surface area contributed by atoms with Crippen LogP contribution in [0.4, 0.5) is 0 Å². The molecule has 0 amide bonds. The van der Waals surface area contributed by atoms with Crippen LogP contribution in [-0.2, 0) is 11.3 Å². The van der Waals surface area contributed by atoms with Gasteiger partial charge < -0.3 is 29.6 Å². The summed E-state index contributed by atoms with van der Waals surface area (Å²) in [6, 6.07) is 3.80. The minimum atomic E-state index is 0.260. The number of hydrogen-bond donors (Lipinski definition) is 2. The third kappa shape index (κ3) is 4.87. The molecule has 7 heteroatoms. The predicted molar refractivity (Wildman–Crippen MR) is 92.5 cm³/mol. The van der Waals surface area contributed by atoms with Crippen molar-refractivity contribution in [1.82, 2.24) is 10.6 Å². The fourth-order valence-corrected chi connectivity index (χ4v) is 2.65. The number of thiocarbonyl (C=S) groups is 1. The van der Waals surface area contributed by atoms with Crippen molar-refractivity contribution < 1.29 is 18.9 Å². The molecule has 23 heavy (non-hydrogen) atoms. The first-order valence-electron chi connectivity index (χ1n) is 7.60. The van der Waals surface area contributed by atoms with E-state index in [1.807, 2.05) is 12.1 Å². The highest BCUT2D eigenvalue weighted by atomic mass is 32.1. The lowest BCUT2D eigenvalue weighted by molar-refractivity contribution is 0.114. The van der Waals surface area contributed by atoms with Crippen molar-refractivity contribution in [3.63, 3.8) is 0 Å².